The summed E-state index contributed by atoms with van der Waals surface area (Å²) in [7, 11) is 1.35. The molecule has 0 aromatic heterocycles. The fraction of sp³-hybridized carbons (Fsp3) is 0.462. The lowest BCUT2D eigenvalue weighted by Gasteiger charge is -2.05. The lowest BCUT2D eigenvalue weighted by atomic mass is 10.1. The van der Waals surface area contributed by atoms with E-state index in [1.807, 2.05) is 24.3 Å². The molecule has 88 valence electrons. The number of carbonyl (C=O) groups excluding carboxylic acids is 1. The van der Waals surface area contributed by atoms with E-state index in [1.54, 1.807) is 0 Å². The molecule has 1 aromatic rings. The Labute approximate surface area is 96.4 Å². The second kappa shape index (κ2) is 6.88. The van der Waals surface area contributed by atoms with Crippen molar-refractivity contribution in [2.75, 3.05) is 13.7 Å². The van der Waals surface area contributed by atoms with Gasteiger partial charge in [0.05, 0.1) is 7.11 Å². The number of hydrogen-bond donors (Lipinski definition) is 0. The summed E-state index contributed by atoms with van der Waals surface area (Å²) in [6, 6.07) is 7.83. The summed E-state index contributed by atoms with van der Waals surface area (Å²) in [6.07, 6.45) is 3.48. The highest BCUT2D eigenvalue weighted by Crippen LogP contribution is 2.13. The lowest BCUT2D eigenvalue weighted by molar-refractivity contribution is -0.142. The number of hydrogen-bond acceptors (Lipinski definition) is 3. The molecule has 0 atom stereocenters. The van der Waals surface area contributed by atoms with Crippen LogP contribution in [-0.2, 0) is 16.0 Å². The number of methoxy groups -OCH3 is 1. The smallest absolute Gasteiger partial charge is 0.343 e. The summed E-state index contributed by atoms with van der Waals surface area (Å²) in [5.41, 5.74) is 1.30. The van der Waals surface area contributed by atoms with Crippen molar-refractivity contribution < 1.29 is 14.3 Å². The zero-order valence-corrected chi connectivity index (χ0v) is 9.86. The summed E-state index contributed by atoms with van der Waals surface area (Å²) in [4.78, 5) is 10.8. The second-order valence-electron chi connectivity index (χ2n) is 3.61. The van der Waals surface area contributed by atoms with Gasteiger partial charge in [0.15, 0.2) is 6.61 Å². The van der Waals surface area contributed by atoms with Gasteiger partial charge in [-0.3, -0.25) is 0 Å². The van der Waals surface area contributed by atoms with Crippen LogP contribution in [0.3, 0.4) is 0 Å². The molecule has 0 radical (unpaired) electrons. The van der Waals surface area contributed by atoms with Crippen LogP contribution in [0.5, 0.6) is 5.75 Å². The van der Waals surface area contributed by atoms with E-state index in [1.165, 1.54) is 25.5 Å². The maximum Gasteiger partial charge on any atom is 0.343 e. The van der Waals surface area contributed by atoms with Gasteiger partial charge in [-0.1, -0.05) is 25.5 Å². The van der Waals surface area contributed by atoms with Crippen molar-refractivity contribution in [3.8, 4) is 5.75 Å². The van der Waals surface area contributed by atoms with Gasteiger partial charge in [-0.25, -0.2) is 4.79 Å². The second-order valence-corrected chi connectivity index (χ2v) is 3.61. The zero-order valence-electron chi connectivity index (χ0n) is 9.86. The van der Waals surface area contributed by atoms with E-state index in [-0.39, 0.29) is 12.6 Å². The third-order valence-corrected chi connectivity index (χ3v) is 2.33. The van der Waals surface area contributed by atoms with E-state index in [0.717, 1.165) is 6.42 Å². The molecular weight excluding hydrogens is 204 g/mol. The number of carbonyl (C=O) groups is 1. The predicted molar refractivity (Wildman–Crippen MR) is 62.6 cm³/mol. The molecule has 0 aliphatic heterocycles. The lowest BCUT2D eigenvalue weighted by Crippen LogP contribution is -2.12. The normalized spacial score (nSPS) is 9.88. The van der Waals surface area contributed by atoms with Gasteiger partial charge in [-0.05, 0) is 30.5 Å². The Bertz CT molecular complexity index is 316. The van der Waals surface area contributed by atoms with E-state index in [0.29, 0.717) is 5.75 Å². The first-order valence-corrected chi connectivity index (χ1v) is 5.54. The topological polar surface area (TPSA) is 35.5 Å². The van der Waals surface area contributed by atoms with Crippen molar-refractivity contribution in [1.82, 2.24) is 0 Å². The highest BCUT2D eigenvalue weighted by molar-refractivity contribution is 5.70. The molecule has 0 heterocycles. The first-order valence-electron chi connectivity index (χ1n) is 5.54. The Morgan fingerprint density at radius 2 is 1.94 bits per heavy atom. The first kappa shape index (κ1) is 12.6. The predicted octanol–water partition coefficient (Wildman–Crippen LogP) is 2.58. The molecule has 1 aromatic carbocycles. The third kappa shape index (κ3) is 4.34. The Morgan fingerprint density at radius 3 is 2.50 bits per heavy atom. The molecule has 0 fully saturated rings. The van der Waals surface area contributed by atoms with Gasteiger partial charge < -0.3 is 9.47 Å². The van der Waals surface area contributed by atoms with Gasteiger partial charge in [0.2, 0.25) is 0 Å². The first-order chi connectivity index (χ1) is 7.76. The summed E-state index contributed by atoms with van der Waals surface area (Å²) in [6.45, 7) is 2.14. The molecule has 0 unspecified atom stereocenters. The van der Waals surface area contributed by atoms with Crippen molar-refractivity contribution in [2.45, 2.75) is 26.2 Å². The Kier molecular flexibility index (Phi) is 5.40. The van der Waals surface area contributed by atoms with Crippen LogP contribution >= 0.6 is 0 Å². The van der Waals surface area contributed by atoms with E-state index in [2.05, 4.69) is 11.7 Å². The molecule has 0 aliphatic carbocycles. The van der Waals surface area contributed by atoms with Crippen molar-refractivity contribution in [3.05, 3.63) is 29.8 Å². The van der Waals surface area contributed by atoms with Crippen LogP contribution in [0.1, 0.15) is 25.3 Å². The molecule has 1 rings (SSSR count). The van der Waals surface area contributed by atoms with Gasteiger partial charge >= 0.3 is 5.97 Å². The minimum atomic E-state index is -0.366. The highest BCUT2D eigenvalue weighted by Gasteiger charge is 2.01. The number of ether oxygens (including phenoxy) is 2. The quantitative estimate of drug-likeness (QED) is 0.694. The van der Waals surface area contributed by atoms with Crippen LogP contribution < -0.4 is 4.74 Å². The molecule has 0 amide bonds. The summed E-state index contributed by atoms with van der Waals surface area (Å²) in [5, 5.41) is 0. The molecule has 0 aliphatic rings. The van der Waals surface area contributed by atoms with Gasteiger partial charge in [0.1, 0.15) is 5.75 Å². The van der Waals surface area contributed by atoms with Gasteiger partial charge in [-0.2, -0.15) is 0 Å². The van der Waals surface area contributed by atoms with E-state index in [9.17, 15) is 4.79 Å². The number of benzene rings is 1. The molecule has 0 spiro atoms. The third-order valence-electron chi connectivity index (χ3n) is 2.33. The zero-order chi connectivity index (χ0) is 11.8. The van der Waals surface area contributed by atoms with Crippen molar-refractivity contribution in [2.24, 2.45) is 0 Å². The summed E-state index contributed by atoms with van der Waals surface area (Å²) >= 11 is 0. The average molecular weight is 222 g/mol. The maximum atomic E-state index is 10.8. The fourth-order valence-corrected chi connectivity index (χ4v) is 1.33. The van der Waals surface area contributed by atoms with Crippen molar-refractivity contribution in [1.29, 1.82) is 0 Å². The van der Waals surface area contributed by atoms with Gasteiger partial charge in [0.25, 0.3) is 0 Å². The molecule has 0 N–H and O–H groups in total. The maximum absolute atomic E-state index is 10.8. The molecular formula is C13H18O3. The Hall–Kier alpha value is -1.51. The minimum Gasteiger partial charge on any atom is -0.482 e. The molecule has 3 nitrogen and oxygen atoms in total. The summed E-state index contributed by atoms with van der Waals surface area (Å²) in [5.74, 6) is 0.334. The number of rotatable bonds is 6. The minimum absolute atomic E-state index is 0.0369. The molecule has 0 saturated carbocycles. The number of aryl methyl sites for hydroxylation is 1. The van der Waals surface area contributed by atoms with Gasteiger partial charge in [0, 0.05) is 0 Å². The van der Waals surface area contributed by atoms with Crippen LogP contribution in [0.4, 0.5) is 0 Å². The monoisotopic (exact) mass is 222 g/mol. The van der Waals surface area contributed by atoms with Gasteiger partial charge in [-0.15, -0.1) is 0 Å². The van der Waals surface area contributed by atoms with E-state index < -0.39 is 0 Å². The number of unbranched alkanes of at least 4 members (excludes halogenated alkanes) is 1. The largest absolute Gasteiger partial charge is 0.482 e. The van der Waals surface area contributed by atoms with E-state index in [4.69, 9.17) is 4.74 Å². The van der Waals surface area contributed by atoms with Crippen molar-refractivity contribution >= 4 is 5.97 Å². The molecule has 0 bridgehead atoms. The van der Waals surface area contributed by atoms with Crippen LogP contribution in [0.2, 0.25) is 0 Å². The molecule has 0 saturated heterocycles. The Balaban J connectivity index is 2.41. The molecule has 16 heavy (non-hydrogen) atoms. The van der Waals surface area contributed by atoms with Crippen molar-refractivity contribution in [3.63, 3.8) is 0 Å². The Morgan fingerprint density at radius 1 is 1.25 bits per heavy atom. The van der Waals surface area contributed by atoms with Crippen LogP contribution in [0.25, 0.3) is 0 Å². The van der Waals surface area contributed by atoms with Crippen LogP contribution in [0.15, 0.2) is 24.3 Å². The van der Waals surface area contributed by atoms with E-state index >= 15 is 0 Å². The SMILES string of the molecule is CCCCc1ccc(OCC(=O)OC)cc1. The molecule has 3 heteroatoms. The van der Waals surface area contributed by atoms with Crippen LogP contribution in [-0.4, -0.2) is 19.7 Å². The highest BCUT2D eigenvalue weighted by atomic mass is 16.6. The van der Waals surface area contributed by atoms with Crippen LogP contribution in [0, 0.1) is 0 Å². The average Bonchev–Trinajstić information content (AvgIpc) is 2.34. The standard InChI is InChI=1S/C13H18O3/c1-3-4-5-11-6-8-12(9-7-11)16-10-13(14)15-2/h6-9H,3-5,10H2,1-2H3. The summed E-state index contributed by atoms with van der Waals surface area (Å²) < 4.78 is 9.73. The number of esters is 1. The fourth-order valence-electron chi connectivity index (χ4n) is 1.33.